The Hall–Kier alpha value is -1.20. The maximum Gasteiger partial charge on any atom is 0.260 e. The highest BCUT2D eigenvalue weighted by atomic mass is 32.1. The maximum atomic E-state index is 12.7. The number of aryl methyl sites for hydroxylation is 1. The van der Waals surface area contributed by atoms with Crippen LogP contribution in [0.5, 0.6) is 0 Å². The second-order valence-corrected chi connectivity index (χ2v) is 8.86. The molecule has 0 spiro atoms. The second-order valence-electron chi connectivity index (χ2n) is 7.66. The van der Waals surface area contributed by atoms with E-state index in [9.17, 15) is 4.79 Å². The van der Waals surface area contributed by atoms with E-state index in [1.807, 2.05) is 0 Å². The number of aromatic amines is 1. The number of likely N-dealkylation sites (tertiary alicyclic amines) is 1. The average Bonchev–Trinajstić information content (AvgIpc) is 2.85. The fraction of sp³-hybridized carbons (Fsp3) is 0.684. The van der Waals surface area contributed by atoms with E-state index in [0.717, 1.165) is 41.3 Å². The van der Waals surface area contributed by atoms with Crippen molar-refractivity contribution in [2.75, 3.05) is 13.1 Å². The van der Waals surface area contributed by atoms with Crippen molar-refractivity contribution in [3.05, 3.63) is 26.6 Å². The van der Waals surface area contributed by atoms with Crippen molar-refractivity contribution in [3.8, 4) is 0 Å². The summed E-state index contributed by atoms with van der Waals surface area (Å²) in [6.07, 6.45) is 4.66. The largest absolute Gasteiger partial charge is 0.329 e. The molecule has 3 rings (SSSR count). The van der Waals surface area contributed by atoms with Crippen LogP contribution in [0.1, 0.15) is 56.3 Å². The zero-order valence-electron chi connectivity index (χ0n) is 15.4. The lowest BCUT2D eigenvalue weighted by Crippen LogP contribution is -3.11. The van der Waals surface area contributed by atoms with Gasteiger partial charge in [0.25, 0.3) is 5.56 Å². The summed E-state index contributed by atoms with van der Waals surface area (Å²) in [6.45, 7) is 12.1. The minimum absolute atomic E-state index is 0.0578. The van der Waals surface area contributed by atoms with Crippen LogP contribution in [-0.4, -0.2) is 23.1 Å². The van der Waals surface area contributed by atoms with Gasteiger partial charge in [-0.3, -0.25) is 4.79 Å². The van der Waals surface area contributed by atoms with E-state index >= 15 is 0 Å². The first-order chi connectivity index (χ1) is 11.5. The van der Waals surface area contributed by atoms with E-state index < -0.39 is 0 Å². The standard InChI is InChI=1S/C19H29N3OS/c1-5-12(2)10-15-14(4)24-19-17(15)18(23)20-16(21-19)11-22-8-6-13(3)7-9-22/h12-13H,5-11H2,1-4H3,(H,20,21,23)/p+1/t12-/m0/s1. The lowest BCUT2D eigenvalue weighted by molar-refractivity contribution is -0.920. The van der Waals surface area contributed by atoms with E-state index in [1.165, 1.54) is 36.4 Å². The Labute approximate surface area is 148 Å². The van der Waals surface area contributed by atoms with Gasteiger partial charge in [-0.15, -0.1) is 11.3 Å². The Morgan fingerprint density at radius 2 is 2.08 bits per heavy atom. The predicted molar refractivity (Wildman–Crippen MR) is 101 cm³/mol. The van der Waals surface area contributed by atoms with Crippen LogP contribution < -0.4 is 10.5 Å². The van der Waals surface area contributed by atoms with Crippen molar-refractivity contribution in [3.63, 3.8) is 0 Å². The Morgan fingerprint density at radius 1 is 1.38 bits per heavy atom. The third-order valence-corrected chi connectivity index (χ3v) is 6.60. The van der Waals surface area contributed by atoms with Crippen LogP contribution in [0.2, 0.25) is 0 Å². The SMILES string of the molecule is CC[C@H](C)Cc1c(C)sc2nc(C[NH+]3CCC(C)CC3)[nH]c(=O)c12. The number of quaternary nitrogens is 1. The van der Waals surface area contributed by atoms with Gasteiger partial charge in [-0.1, -0.05) is 27.2 Å². The molecule has 132 valence electrons. The number of fused-ring (bicyclic) bond motifs is 1. The molecule has 0 amide bonds. The molecule has 1 aliphatic heterocycles. The molecule has 0 saturated carbocycles. The summed E-state index contributed by atoms with van der Waals surface area (Å²) in [5, 5.41) is 0.837. The molecule has 1 atom stereocenters. The van der Waals surface area contributed by atoms with E-state index in [0.29, 0.717) is 5.92 Å². The van der Waals surface area contributed by atoms with Crippen molar-refractivity contribution in [1.29, 1.82) is 0 Å². The van der Waals surface area contributed by atoms with Crippen LogP contribution in [0.3, 0.4) is 0 Å². The monoisotopic (exact) mass is 348 g/mol. The summed E-state index contributed by atoms with van der Waals surface area (Å²) in [5.41, 5.74) is 1.27. The van der Waals surface area contributed by atoms with Crippen LogP contribution in [-0.2, 0) is 13.0 Å². The second kappa shape index (κ2) is 7.36. The predicted octanol–water partition coefficient (Wildman–Crippen LogP) is 2.70. The lowest BCUT2D eigenvalue weighted by Gasteiger charge is -2.26. The van der Waals surface area contributed by atoms with Gasteiger partial charge in [0, 0.05) is 4.88 Å². The zero-order chi connectivity index (χ0) is 17.3. The molecule has 1 aliphatic rings. The third kappa shape index (κ3) is 3.72. The smallest absolute Gasteiger partial charge is 0.260 e. The molecule has 0 radical (unpaired) electrons. The highest BCUT2D eigenvalue weighted by molar-refractivity contribution is 7.18. The number of aromatic nitrogens is 2. The molecule has 2 aromatic rings. The number of hydrogen-bond acceptors (Lipinski definition) is 3. The number of thiophene rings is 1. The Bertz CT molecular complexity index is 756. The number of nitrogens with zero attached hydrogens (tertiary/aromatic N) is 1. The van der Waals surface area contributed by atoms with Gasteiger partial charge in [0.2, 0.25) is 0 Å². The molecule has 5 heteroatoms. The van der Waals surface area contributed by atoms with Gasteiger partial charge < -0.3 is 9.88 Å². The van der Waals surface area contributed by atoms with Crippen molar-refractivity contribution in [2.45, 2.75) is 59.9 Å². The molecule has 3 heterocycles. The molecule has 4 nitrogen and oxygen atoms in total. The molecule has 2 aromatic heterocycles. The Morgan fingerprint density at radius 3 is 2.75 bits per heavy atom. The van der Waals surface area contributed by atoms with Crippen molar-refractivity contribution < 1.29 is 4.90 Å². The summed E-state index contributed by atoms with van der Waals surface area (Å²) in [5.74, 6) is 2.29. The topological polar surface area (TPSA) is 50.2 Å². The van der Waals surface area contributed by atoms with Crippen LogP contribution in [0, 0.1) is 18.8 Å². The van der Waals surface area contributed by atoms with E-state index in [2.05, 4.69) is 32.7 Å². The maximum absolute atomic E-state index is 12.7. The highest BCUT2D eigenvalue weighted by Crippen LogP contribution is 2.29. The van der Waals surface area contributed by atoms with Gasteiger partial charge in [0.05, 0.1) is 18.5 Å². The molecule has 2 N–H and O–H groups in total. The number of piperidine rings is 1. The van der Waals surface area contributed by atoms with E-state index in [4.69, 9.17) is 4.98 Å². The normalized spacial score (nSPS) is 22.8. The Balaban J connectivity index is 1.87. The van der Waals surface area contributed by atoms with Crippen molar-refractivity contribution in [1.82, 2.24) is 9.97 Å². The molecular formula is C19H30N3OS+. The first-order valence-electron chi connectivity index (χ1n) is 9.32. The first kappa shape index (κ1) is 17.6. The van der Waals surface area contributed by atoms with Gasteiger partial charge in [-0.2, -0.15) is 0 Å². The Kier molecular flexibility index (Phi) is 5.40. The average molecular weight is 349 g/mol. The van der Waals surface area contributed by atoms with Gasteiger partial charge in [-0.05, 0) is 43.6 Å². The van der Waals surface area contributed by atoms with Gasteiger partial charge in [-0.25, -0.2) is 4.98 Å². The molecule has 0 unspecified atom stereocenters. The van der Waals surface area contributed by atoms with Crippen LogP contribution in [0.25, 0.3) is 10.2 Å². The summed E-state index contributed by atoms with van der Waals surface area (Å²) < 4.78 is 0. The molecule has 24 heavy (non-hydrogen) atoms. The summed E-state index contributed by atoms with van der Waals surface area (Å²) in [6, 6.07) is 0. The van der Waals surface area contributed by atoms with Crippen LogP contribution >= 0.6 is 11.3 Å². The van der Waals surface area contributed by atoms with Gasteiger partial charge >= 0.3 is 0 Å². The van der Waals surface area contributed by atoms with Gasteiger partial charge in [0.15, 0.2) is 5.82 Å². The molecule has 0 aromatic carbocycles. The number of rotatable bonds is 5. The zero-order valence-corrected chi connectivity index (χ0v) is 16.2. The number of H-pyrrole nitrogens is 1. The van der Waals surface area contributed by atoms with Crippen LogP contribution in [0.15, 0.2) is 4.79 Å². The lowest BCUT2D eigenvalue weighted by atomic mass is 9.98. The first-order valence-corrected chi connectivity index (χ1v) is 10.1. The summed E-state index contributed by atoms with van der Waals surface area (Å²) >= 11 is 1.68. The molecule has 1 saturated heterocycles. The van der Waals surface area contributed by atoms with Crippen molar-refractivity contribution in [2.24, 2.45) is 11.8 Å². The van der Waals surface area contributed by atoms with E-state index in [-0.39, 0.29) is 5.56 Å². The summed E-state index contributed by atoms with van der Waals surface area (Å²) in [4.78, 5) is 24.3. The fourth-order valence-electron chi connectivity index (χ4n) is 3.63. The van der Waals surface area contributed by atoms with Crippen LogP contribution in [0.4, 0.5) is 0 Å². The third-order valence-electron chi connectivity index (χ3n) is 5.56. The summed E-state index contributed by atoms with van der Waals surface area (Å²) in [7, 11) is 0. The quantitative estimate of drug-likeness (QED) is 0.873. The number of hydrogen-bond donors (Lipinski definition) is 2. The minimum atomic E-state index is 0.0578. The highest BCUT2D eigenvalue weighted by Gasteiger charge is 2.21. The molecule has 0 bridgehead atoms. The minimum Gasteiger partial charge on any atom is -0.329 e. The van der Waals surface area contributed by atoms with E-state index in [1.54, 1.807) is 16.2 Å². The van der Waals surface area contributed by atoms with Gasteiger partial charge in [0.1, 0.15) is 11.4 Å². The number of nitrogens with one attached hydrogen (secondary N) is 2. The molecule has 1 fully saturated rings. The van der Waals surface area contributed by atoms with Crippen molar-refractivity contribution >= 4 is 21.6 Å². The fourth-order valence-corrected chi connectivity index (χ4v) is 4.70. The molecular weight excluding hydrogens is 318 g/mol. The molecule has 0 aliphatic carbocycles.